The Morgan fingerprint density at radius 2 is 1.74 bits per heavy atom. The van der Waals surface area contributed by atoms with Crippen molar-refractivity contribution >= 4 is 5.91 Å². The summed E-state index contributed by atoms with van der Waals surface area (Å²) in [6.45, 7) is 3.70. The summed E-state index contributed by atoms with van der Waals surface area (Å²) in [6.07, 6.45) is 2.48. The summed E-state index contributed by atoms with van der Waals surface area (Å²) in [5, 5.41) is 7.79. The summed E-state index contributed by atoms with van der Waals surface area (Å²) in [7, 11) is 3.26. The lowest BCUT2D eigenvalue weighted by Gasteiger charge is -2.15. The van der Waals surface area contributed by atoms with E-state index in [9.17, 15) is 4.79 Å². The molecule has 162 valence electrons. The molecule has 31 heavy (non-hydrogen) atoms. The molecule has 1 aliphatic heterocycles. The third-order valence-corrected chi connectivity index (χ3v) is 5.54. The van der Waals surface area contributed by atoms with Crippen LogP contribution < -0.4 is 14.8 Å². The molecule has 1 aromatic heterocycles. The molecule has 2 aromatic carbocycles. The van der Waals surface area contributed by atoms with E-state index in [1.54, 1.807) is 18.9 Å². The first-order valence-electron chi connectivity index (χ1n) is 10.6. The number of amides is 1. The lowest BCUT2D eigenvalue weighted by Crippen LogP contribution is -2.34. The van der Waals surface area contributed by atoms with Gasteiger partial charge in [0.2, 0.25) is 0 Å². The normalized spacial score (nSPS) is 13.9. The van der Waals surface area contributed by atoms with Crippen molar-refractivity contribution in [2.75, 3.05) is 40.4 Å². The fourth-order valence-corrected chi connectivity index (χ4v) is 3.81. The molecule has 0 unspecified atom stereocenters. The van der Waals surface area contributed by atoms with Crippen molar-refractivity contribution in [1.82, 2.24) is 20.0 Å². The number of nitrogens with zero attached hydrogens (tertiary/aromatic N) is 3. The van der Waals surface area contributed by atoms with Crippen molar-refractivity contribution < 1.29 is 14.3 Å². The highest BCUT2D eigenvalue weighted by Gasteiger charge is 2.19. The van der Waals surface area contributed by atoms with Crippen LogP contribution in [0, 0.1) is 0 Å². The van der Waals surface area contributed by atoms with E-state index >= 15 is 0 Å². The van der Waals surface area contributed by atoms with Gasteiger partial charge in [-0.2, -0.15) is 5.10 Å². The van der Waals surface area contributed by atoms with E-state index in [2.05, 4.69) is 10.2 Å². The molecule has 4 rings (SSSR count). The Morgan fingerprint density at radius 3 is 2.45 bits per heavy atom. The number of methoxy groups -OCH3 is 2. The molecule has 2 heterocycles. The number of nitrogens with one attached hydrogen (secondary N) is 1. The zero-order valence-electron chi connectivity index (χ0n) is 18.0. The van der Waals surface area contributed by atoms with E-state index < -0.39 is 0 Å². The molecule has 1 fully saturated rings. The molecule has 7 heteroatoms. The van der Waals surface area contributed by atoms with Crippen molar-refractivity contribution in [2.45, 2.75) is 12.8 Å². The third-order valence-electron chi connectivity index (χ3n) is 5.54. The maximum absolute atomic E-state index is 13.1. The largest absolute Gasteiger partial charge is 0.497 e. The van der Waals surface area contributed by atoms with Crippen LogP contribution in [-0.2, 0) is 0 Å². The molecule has 3 aromatic rings. The maximum atomic E-state index is 13.1. The van der Waals surface area contributed by atoms with Gasteiger partial charge in [-0.05, 0) is 68.4 Å². The topological polar surface area (TPSA) is 68.6 Å². The second-order valence-electron chi connectivity index (χ2n) is 7.56. The highest BCUT2D eigenvalue weighted by atomic mass is 16.5. The van der Waals surface area contributed by atoms with Crippen LogP contribution >= 0.6 is 0 Å². The van der Waals surface area contributed by atoms with Crippen molar-refractivity contribution in [3.05, 3.63) is 60.3 Å². The molecule has 0 radical (unpaired) electrons. The fourth-order valence-electron chi connectivity index (χ4n) is 3.81. The van der Waals surface area contributed by atoms with Crippen molar-refractivity contribution in [1.29, 1.82) is 0 Å². The summed E-state index contributed by atoms with van der Waals surface area (Å²) >= 11 is 0. The average Bonchev–Trinajstić information content (AvgIpc) is 3.49. The zero-order chi connectivity index (χ0) is 21.6. The minimum absolute atomic E-state index is 0.142. The van der Waals surface area contributed by atoms with Gasteiger partial charge in [-0.3, -0.25) is 4.79 Å². The molecule has 1 aliphatic rings. The van der Waals surface area contributed by atoms with Crippen LogP contribution in [0.25, 0.3) is 16.9 Å². The standard InChI is InChI=1S/C24H28N4O3/c1-30-20-10-8-19(9-11-20)28-23(24(29)25-12-15-27-13-3-4-14-27)17-22(26-28)18-6-5-7-21(16-18)31-2/h5-11,16-17H,3-4,12-15H2,1-2H3,(H,25,29). The Morgan fingerprint density at radius 1 is 1.00 bits per heavy atom. The lowest BCUT2D eigenvalue weighted by molar-refractivity contribution is 0.0942. The highest BCUT2D eigenvalue weighted by Crippen LogP contribution is 2.26. The summed E-state index contributed by atoms with van der Waals surface area (Å²) in [4.78, 5) is 15.4. The third kappa shape index (κ3) is 4.88. The number of carbonyl (C=O) groups excluding carboxylic acids is 1. The second-order valence-corrected chi connectivity index (χ2v) is 7.56. The smallest absolute Gasteiger partial charge is 0.270 e. The van der Waals surface area contributed by atoms with Crippen LogP contribution in [0.5, 0.6) is 11.5 Å². The fraction of sp³-hybridized carbons (Fsp3) is 0.333. The first kappa shape index (κ1) is 20.9. The van der Waals surface area contributed by atoms with Crippen LogP contribution in [0.3, 0.4) is 0 Å². The van der Waals surface area contributed by atoms with Crippen molar-refractivity contribution in [3.63, 3.8) is 0 Å². The molecule has 1 saturated heterocycles. The monoisotopic (exact) mass is 420 g/mol. The Bertz CT molecular complexity index is 1020. The van der Waals surface area contributed by atoms with Gasteiger partial charge in [-0.15, -0.1) is 0 Å². The van der Waals surface area contributed by atoms with Gasteiger partial charge in [0, 0.05) is 18.7 Å². The van der Waals surface area contributed by atoms with Crippen LogP contribution in [0.15, 0.2) is 54.6 Å². The number of rotatable bonds is 8. The Labute approximate surface area is 182 Å². The second kappa shape index (κ2) is 9.66. The molecular weight excluding hydrogens is 392 g/mol. The van der Waals surface area contributed by atoms with E-state index in [0.29, 0.717) is 17.9 Å². The molecule has 0 atom stereocenters. The average molecular weight is 421 g/mol. The molecule has 1 amide bonds. The first-order chi connectivity index (χ1) is 15.2. The number of likely N-dealkylation sites (tertiary alicyclic amines) is 1. The Balaban J connectivity index is 1.62. The van der Waals surface area contributed by atoms with Gasteiger partial charge in [-0.25, -0.2) is 4.68 Å². The zero-order valence-corrected chi connectivity index (χ0v) is 18.0. The predicted molar refractivity (Wildman–Crippen MR) is 120 cm³/mol. The maximum Gasteiger partial charge on any atom is 0.270 e. The van der Waals surface area contributed by atoms with Gasteiger partial charge in [0.15, 0.2) is 0 Å². The van der Waals surface area contributed by atoms with Gasteiger partial charge < -0.3 is 19.7 Å². The van der Waals surface area contributed by atoms with Crippen LogP contribution in [0.2, 0.25) is 0 Å². The van der Waals surface area contributed by atoms with Crippen LogP contribution in [0.1, 0.15) is 23.3 Å². The van der Waals surface area contributed by atoms with Gasteiger partial charge in [0.1, 0.15) is 17.2 Å². The molecule has 7 nitrogen and oxygen atoms in total. The minimum Gasteiger partial charge on any atom is -0.497 e. The molecule has 0 saturated carbocycles. The summed E-state index contributed by atoms with van der Waals surface area (Å²) in [5.74, 6) is 1.35. The predicted octanol–water partition coefficient (Wildman–Crippen LogP) is 3.38. The van der Waals surface area contributed by atoms with Crippen LogP contribution in [0.4, 0.5) is 0 Å². The Kier molecular flexibility index (Phi) is 6.52. The summed E-state index contributed by atoms with van der Waals surface area (Å²) in [6, 6.07) is 17.0. The summed E-state index contributed by atoms with van der Waals surface area (Å²) in [5.41, 5.74) is 2.88. The van der Waals surface area contributed by atoms with E-state index in [1.807, 2.05) is 54.6 Å². The van der Waals surface area contributed by atoms with E-state index in [0.717, 1.165) is 42.4 Å². The quantitative estimate of drug-likeness (QED) is 0.605. The number of benzene rings is 2. The molecule has 0 aliphatic carbocycles. The number of hydrogen-bond donors (Lipinski definition) is 1. The van der Waals surface area contributed by atoms with Gasteiger partial charge in [0.25, 0.3) is 5.91 Å². The van der Waals surface area contributed by atoms with E-state index in [-0.39, 0.29) is 5.91 Å². The van der Waals surface area contributed by atoms with Gasteiger partial charge >= 0.3 is 0 Å². The number of aromatic nitrogens is 2. The van der Waals surface area contributed by atoms with Gasteiger partial charge in [-0.1, -0.05) is 12.1 Å². The number of carbonyl (C=O) groups is 1. The van der Waals surface area contributed by atoms with Gasteiger partial charge in [0.05, 0.1) is 25.6 Å². The number of hydrogen-bond acceptors (Lipinski definition) is 5. The minimum atomic E-state index is -0.142. The molecular formula is C24H28N4O3. The molecule has 0 bridgehead atoms. The number of ether oxygens (including phenoxy) is 2. The lowest BCUT2D eigenvalue weighted by atomic mass is 10.1. The SMILES string of the molecule is COc1ccc(-n2nc(-c3cccc(OC)c3)cc2C(=O)NCCN2CCCC2)cc1. The van der Waals surface area contributed by atoms with E-state index in [1.165, 1.54) is 12.8 Å². The molecule has 0 spiro atoms. The summed E-state index contributed by atoms with van der Waals surface area (Å²) < 4.78 is 12.3. The molecule has 1 N–H and O–H groups in total. The van der Waals surface area contributed by atoms with Crippen molar-refractivity contribution in [3.8, 4) is 28.4 Å². The Hall–Kier alpha value is -3.32. The first-order valence-corrected chi connectivity index (χ1v) is 10.6. The van der Waals surface area contributed by atoms with E-state index in [4.69, 9.17) is 14.6 Å². The van der Waals surface area contributed by atoms with Crippen LogP contribution in [-0.4, -0.2) is 61.0 Å². The van der Waals surface area contributed by atoms with Crippen molar-refractivity contribution in [2.24, 2.45) is 0 Å². The highest BCUT2D eigenvalue weighted by molar-refractivity contribution is 5.94.